The van der Waals surface area contributed by atoms with Gasteiger partial charge >= 0.3 is 0 Å². The number of aromatic amines is 1. The Hall–Kier alpha value is -2.54. The smallest absolute Gasteiger partial charge is 0.232 e. The Morgan fingerprint density at radius 1 is 1.10 bits per heavy atom. The number of nitrogens with one attached hydrogen (secondary N) is 3. The summed E-state index contributed by atoms with van der Waals surface area (Å²) in [7, 11) is -3.35. The third-order valence-electron chi connectivity index (χ3n) is 6.00. The summed E-state index contributed by atoms with van der Waals surface area (Å²) in [6.45, 7) is 5.93. The minimum Gasteiger partial charge on any atom is -0.382 e. The number of fused-ring (bicyclic) bond motifs is 1. The number of pyridine rings is 1. The van der Waals surface area contributed by atoms with E-state index >= 15 is 0 Å². The van der Waals surface area contributed by atoms with E-state index in [2.05, 4.69) is 33.0 Å². The minimum atomic E-state index is -3.35. The molecule has 0 saturated heterocycles. The van der Waals surface area contributed by atoms with Gasteiger partial charge in [-0.05, 0) is 81.3 Å². The normalized spacial score (nSPS) is 19.7. The van der Waals surface area contributed by atoms with E-state index in [-0.39, 0.29) is 5.75 Å². The van der Waals surface area contributed by atoms with Crippen molar-refractivity contribution in [3.05, 3.63) is 42.2 Å². The second-order valence-electron chi connectivity index (χ2n) is 8.42. The highest BCUT2D eigenvalue weighted by atomic mass is 32.2. The molecule has 0 spiro atoms. The molecule has 7 heteroatoms. The van der Waals surface area contributed by atoms with E-state index in [0.29, 0.717) is 11.7 Å². The first-order chi connectivity index (χ1) is 14.3. The molecule has 1 aliphatic rings. The van der Waals surface area contributed by atoms with E-state index in [9.17, 15) is 8.42 Å². The third-order valence-corrected chi connectivity index (χ3v) is 7.30. The molecule has 1 fully saturated rings. The first kappa shape index (κ1) is 20.7. The molecular weight excluding hydrogens is 396 g/mol. The number of hydrogen-bond acceptors (Lipinski definition) is 4. The fourth-order valence-corrected chi connectivity index (χ4v) is 4.85. The van der Waals surface area contributed by atoms with Gasteiger partial charge in [0.2, 0.25) is 10.0 Å². The number of sulfonamides is 1. The monoisotopic (exact) mass is 426 g/mol. The Balaban J connectivity index is 1.78. The van der Waals surface area contributed by atoms with Gasteiger partial charge in [-0.1, -0.05) is 6.92 Å². The maximum Gasteiger partial charge on any atom is 0.232 e. The highest BCUT2D eigenvalue weighted by Gasteiger charge is 2.20. The molecule has 0 bridgehead atoms. The molecule has 0 radical (unpaired) electrons. The van der Waals surface area contributed by atoms with Gasteiger partial charge in [-0.2, -0.15) is 0 Å². The summed E-state index contributed by atoms with van der Waals surface area (Å²) >= 11 is 0. The molecule has 6 nitrogen and oxygen atoms in total. The lowest BCUT2D eigenvalue weighted by Crippen LogP contribution is -2.25. The Bertz CT molecular complexity index is 1150. The van der Waals surface area contributed by atoms with Crippen LogP contribution in [-0.2, 0) is 10.0 Å². The largest absolute Gasteiger partial charge is 0.382 e. The van der Waals surface area contributed by atoms with Gasteiger partial charge in [-0.3, -0.25) is 4.72 Å². The van der Waals surface area contributed by atoms with E-state index in [0.717, 1.165) is 52.3 Å². The van der Waals surface area contributed by atoms with E-state index in [1.807, 2.05) is 37.4 Å². The number of H-pyrrole nitrogens is 1. The molecule has 160 valence electrons. The summed E-state index contributed by atoms with van der Waals surface area (Å²) in [5.74, 6) is 0.828. The zero-order chi connectivity index (χ0) is 21.3. The molecule has 30 heavy (non-hydrogen) atoms. The van der Waals surface area contributed by atoms with E-state index in [1.54, 1.807) is 6.92 Å². The summed E-state index contributed by atoms with van der Waals surface area (Å²) < 4.78 is 27.0. The number of aromatic nitrogens is 2. The second-order valence-corrected chi connectivity index (χ2v) is 10.4. The van der Waals surface area contributed by atoms with Crippen molar-refractivity contribution >= 4 is 32.4 Å². The number of anilines is 2. The molecule has 0 unspecified atom stereocenters. The lowest BCUT2D eigenvalue weighted by atomic mass is 9.87. The summed E-state index contributed by atoms with van der Waals surface area (Å²) in [4.78, 5) is 7.78. The van der Waals surface area contributed by atoms with Gasteiger partial charge in [0.05, 0.1) is 5.75 Å². The summed E-state index contributed by atoms with van der Waals surface area (Å²) in [6.07, 6.45) is 6.66. The van der Waals surface area contributed by atoms with Crippen LogP contribution in [0.15, 0.2) is 36.5 Å². The molecule has 0 aliphatic heterocycles. The van der Waals surface area contributed by atoms with Crippen molar-refractivity contribution < 1.29 is 8.42 Å². The van der Waals surface area contributed by atoms with E-state index in [1.165, 1.54) is 12.8 Å². The first-order valence-corrected chi connectivity index (χ1v) is 12.4. The molecule has 3 aromatic rings. The SMILES string of the molecule is CCS(=O)(=O)Nc1ccc(N[C@H]2CC[C@H](C)CC2)c(-c2cc(C)nc3[nH]ccc23)c1. The highest BCUT2D eigenvalue weighted by Crippen LogP contribution is 2.37. The first-order valence-electron chi connectivity index (χ1n) is 10.7. The molecule has 2 aromatic heterocycles. The van der Waals surface area contributed by atoms with Gasteiger partial charge in [0.15, 0.2) is 0 Å². The Morgan fingerprint density at radius 3 is 2.60 bits per heavy atom. The Labute approximate surface area is 178 Å². The van der Waals surface area contributed by atoms with Crippen LogP contribution in [-0.4, -0.2) is 30.2 Å². The van der Waals surface area contributed by atoms with Crippen molar-refractivity contribution in [2.45, 2.75) is 52.5 Å². The summed E-state index contributed by atoms with van der Waals surface area (Å²) in [5.41, 5.74) is 5.39. The van der Waals surface area contributed by atoms with Gasteiger partial charge in [-0.25, -0.2) is 13.4 Å². The van der Waals surface area contributed by atoms with Crippen LogP contribution in [0.3, 0.4) is 0 Å². The van der Waals surface area contributed by atoms with Crippen molar-refractivity contribution in [1.29, 1.82) is 0 Å². The molecule has 3 N–H and O–H groups in total. The van der Waals surface area contributed by atoms with E-state index in [4.69, 9.17) is 0 Å². The number of rotatable bonds is 6. The lowest BCUT2D eigenvalue weighted by molar-refractivity contribution is 0.361. The van der Waals surface area contributed by atoms with Crippen molar-refractivity contribution in [3.8, 4) is 11.1 Å². The standard InChI is InChI=1S/C23H30N4O2S/c1-4-30(28,29)27-18-9-10-22(26-17-7-5-15(2)6-8-17)21(14-18)20-13-16(3)25-23-19(20)11-12-24-23/h9-15,17,26-27H,4-8H2,1-3H3,(H,24,25)/t15-,17-. The molecule has 1 aromatic carbocycles. The van der Waals surface area contributed by atoms with Crippen LogP contribution in [0.2, 0.25) is 0 Å². The Morgan fingerprint density at radius 2 is 1.87 bits per heavy atom. The highest BCUT2D eigenvalue weighted by molar-refractivity contribution is 7.92. The molecule has 4 rings (SSSR count). The van der Waals surface area contributed by atoms with Crippen LogP contribution < -0.4 is 10.0 Å². The fourth-order valence-electron chi connectivity index (χ4n) is 4.22. The second kappa shape index (κ2) is 8.30. The number of hydrogen-bond donors (Lipinski definition) is 3. The summed E-state index contributed by atoms with van der Waals surface area (Å²) in [5, 5.41) is 4.77. The zero-order valence-corrected chi connectivity index (χ0v) is 18.6. The molecule has 1 aliphatic carbocycles. The zero-order valence-electron chi connectivity index (χ0n) is 17.8. The molecule has 2 heterocycles. The molecule has 1 saturated carbocycles. The van der Waals surface area contributed by atoms with Crippen LogP contribution in [0.25, 0.3) is 22.2 Å². The third kappa shape index (κ3) is 4.46. The summed E-state index contributed by atoms with van der Waals surface area (Å²) in [6, 6.07) is 10.3. The fraction of sp³-hybridized carbons (Fsp3) is 0.435. The topological polar surface area (TPSA) is 86.9 Å². The number of nitrogens with zero attached hydrogens (tertiary/aromatic N) is 1. The van der Waals surface area contributed by atoms with Crippen LogP contribution in [0.4, 0.5) is 11.4 Å². The average molecular weight is 427 g/mol. The van der Waals surface area contributed by atoms with Gasteiger partial charge in [0.1, 0.15) is 5.65 Å². The maximum atomic E-state index is 12.1. The lowest BCUT2D eigenvalue weighted by Gasteiger charge is -2.29. The van der Waals surface area contributed by atoms with Gasteiger partial charge in [-0.15, -0.1) is 0 Å². The van der Waals surface area contributed by atoms with Gasteiger partial charge in [0, 0.05) is 40.3 Å². The van der Waals surface area contributed by atoms with Crippen molar-refractivity contribution in [2.75, 3.05) is 15.8 Å². The predicted molar refractivity (Wildman–Crippen MR) is 124 cm³/mol. The predicted octanol–water partition coefficient (Wildman–Crippen LogP) is 5.29. The van der Waals surface area contributed by atoms with Crippen LogP contribution in [0, 0.1) is 12.8 Å². The van der Waals surface area contributed by atoms with Gasteiger partial charge < -0.3 is 10.3 Å². The molecule has 0 amide bonds. The maximum absolute atomic E-state index is 12.1. The van der Waals surface area contributed by atoms with Crippen molar-refractivity contribution in [3.63, 3.8) is 0 Å². The quantitative estimate of drug-likeness (QED) is 0.500. The minimum absolute atomic E-state index is 0.0407. The van der Waals surface area contributed by atoms with Gasteiger partial charge in [0.25, 0.3) is 0 Å². The van der Waals surface area contributed by atoms with Crippen LogP contribution in [0.5, 0.6) is 0 Å². The average Bonchev–Trinajstić information content (AvgIpc) is 3.18. The van der Waals surface area contributed by atoms with Crippen molar-refractivity contribution in [2.24, 2.45) is 5.92 Å². The van der Waals surface area contributed by atoms with Crippen LogP contribution >= 0.6 is 0 Å². The van der Waals surface area contributed by atoms with E-state index < -0.39 is 10.0 Å². The van der Waals surface area contributed by atoms with Crippen LogP contribution in [0.1, 0.15) is 45.2 Å². The number of aryl methyl sites for hydroxylation is 1. The number of benzene rings is 1. The van der Waals surface area contributed by atoms with Crippen molar-refractivity contribution in [1.82, 2.24) is 9.97 Å². The molecule has 0 atom stereocenters. The Kier molecular flexibility index (Phi) is 5.73. The molecular formula is C23H30N4O2S.